The predicted octanol–water partition coefficient (Wildman–Crippen LogP) is 2.74. The van der Waals surface area contributed by atoms with E-state index in [4.69, 9.17) is 0 Å². The van der Waals surface area contributed by atoms with Gasteiger partial charge in [-0.1, -0.05) is 25.1 Å². The van der Waals surface area contributed by atoms with Gasteiger partial charge >= 0.3 is 0 Å². The molecule has 8 heteroatoms. The lowest BCUT2D eigenvalue weighted by atomic mass is 10.1. The quantitative estimate of drug-likeness (QED) is 0.712. The number of carbonyl (C=O) groups is 3. The van der Waals surface area contributed by atoms with E-state index in [1.54, 1.807) is 6.07 Å². The Labute approximate surface area is 167 Å². The monoisotopic (exact) mass is 403 g/mol. The molecule has 0 fully saturated rings. The molecule has 0 saturated heterocycles. The van der Waals surface area contributed by atoms with Crippen LogP contribution in [0.5, 0.6) is 0 Å². The summed E-state index contributed by atoms with van der Waals surface area (Å²) < 4.78 is 26.5. The number of hydrogen-bond donors (Lipinski definition) is 2. The summed E-state index contributed by atoms with van der Waals surface area (Å²) in [6.45, 7) is 1.79. The molecular weight excluding hydrogens is 380 g/mol. The average Bonchev–Trinajstić information content (AvgIpc) is 2.68. The highest BCUT2D eigenvalue weighted by Crippen LogP contribution is 2.15. The van der Waals surface area contributed by atoms with Crippen molar-refractivity contribution in [1.82, 2.24) is 10.2 Å². The molecule has 2 N–H and O–H groups in total. The fraction of sp³-hybridized carbons (Fsp3) is 0.286. The molecular formula is C21H23F2N3O3. The minimum Gasteiger partial charge on any atom is -0.351 e. The largest absolute Gasteiger partial charge is 0.351 e. The highest BCUT2D eigenvalue weighted by atomic mass is 19.1. The molecule has 6 nitrogen and oxygen atoms in total. The van der Waals surface area contributed by atoms with E-state index in [0.29, 0.717) is 11.8 Å². The maximum absolute atomic E-state index is 13.6. The molecule has 29 heavy (non-hydrogen) atoms. The van der Waals surface area contributed by atoms with Gasteiger partial charge in [0.15, 0.2) is 0 Å². The summed E-state index contributed by atoms with van der Waals surface area (Å²) in [6, 6.07) is 10.0. The van der Waals surface area contributed by atoms with E-state index < -0.39 is 17.5 Å². The van der Waals surface area contributed by atoms with Crippen molar-refractivity contribution < 1.29 is 23.2 Å². The molecule has 3 amide bonds. The fourth-order valence-electron chi connectivity index (χ4n) is 2.69. The van der Waals surface area contributed by atoms with Gasteiger partial charge in [-0.15, -0.1) is 0 Å². The Balaban J connectivity index is 1.79. The van der Waals surface area contributed by atoms with Crippen molar-refractivity contribution in [3.8, 4) is 0 Å². The van der Waals surface area contributed by atoms with Crippen LogP contribution in [0.25, 0.3) is 0 Å². The summed E-state index contributed by atoms with van der Waals surface area (Å²) in [5.74, 6) is -3.19. The smallest absolute Gasteiger partial charge is 0.254 e. The molecule has 0 aliphatic carbocycles. The number of rotatable bonds is 8. The van der Waals surface area contributed by atoms with Gasteiger partial charge in [0.25, 0.3) is 5.91 Å². The van der Waals surface area contributed by atoms with E-state index in [-0.39, 0.29) is 36.9 Å². The zero-order valence-electron chi connectivity index (χ0n) is 16.3. The number of carbonyl (C=O) groups excluding carboxylic acids is 3. The second-order valence-electron chi connectivity index (χ2n) is 6.44. The van der Waals surface area contributed by atoms with Gasteiger partial charge < -0.3 is 15.5 Å². The third-order valence-electron chi connectivity index (χ3n) is 4.28. The molecule has 0 heterocycles. The van der Waals surface area contributed by atoms with Crippen molar-refractivity contribution in [2.75, 3.05) is 25.5 Å². The molecule has 0 aromatic heterocycles. The summed E-state index contributed by atoms with van der Waals surface area (Å²) in [6.07, 6.45) is 0.698. The van der Waals surface area contributed by atoms with Crippen LogP contribution >= 0.6 is 0 Å². The standard InChI is InChI=1S/C21H23F2N3O3/c1-3-14-6-4-5-7-18(14)25-19(27)13-26(2)20(28)10-11-24-21(29)16-9-8-15(22)12-17(16)23/h4-9,12H,3,10-11,13H2,1-2H3,(H,24,29)(H,25,27). The van der Waals surface area contributed by atoms with E-state index in [9.17, 15) is 23.2 Å². The fourth-order valence-corrected chi connectivity index (χ4v) is 2.69. The Kier molecular flexibility index (Phi) is 7.82. The van der Waals surface area contributed by atoms with Crippen molar-refractivity contribution >= 4 is 23.4 Å². The molecule has 2 aromatic carbocycles. The molecule has 0 unspecified atom stereocenters. The lowest BCUT2D eigenvalue weighted by Crippen LogP contribution is -2.37. The normalized spacial score (nSPS) is 10.3. The number of anilines is 1. The minimum atomic E-state index is -0.977. The number of aryl methyl sites for hydroxylation is 1. The number of halogens is 2. The summed E-state index contributed by atoms with van der Waals surface area (Å²) >= 11 is 0. The van der Waals surface area contributed by atoms with Crippen LogP contribution in [0.3, 0.4) is 0 Å². The molecule has 2 aromatic rings. The minimum absolute atomic E-state index is 0.0425. The van der Waals surface area contributed by atoms with E-state index in [2.05, 4.69) is 10.6 Å². The van der Waals surface area contributed by atoms with E-state index >= 15 is 0 Å². The van der Waals surface area contributed by atoms with E-state index in [1.807, 2.05) is 25.1 Å². The van der Waals surface area contributed by atoms with Gasteiger partial charge in [-0.25, -0.2) is 8.78 Å². The van der Waals surface area contributed by atoms with Crippen LogP contribution in [-0.4, -0.2) is 42.8 Å². The van der Waals surface area contributed by atoms with Gasteiger partial charge in [0.05, 0.1) is 12.1 Å². The molecule has 2 rings (SSSR count). The molecule has 0 aliphatic rings. The second kappa shape index (κ2) is 10.3. The van der Waals surface area contributed by atoms with Crippen molar-refractivity contribution in [2.24, 2.45) is 0 Å². The number of nitrogens with one attached hydrogen (secondary N) is 2. The number of benzene rings is 2. The number of amides is 3. The van der Waals surface area contributed by atoms with Crippen molar-refractivity contribution in [2.45, 2.75) is 19.8 Å². The first-order chi connectivity index (χ1) is 13.8. The molecule has 0 aliphatic heterocycles. The van der Waals surface area contributed by atoms with Gasteiger partial charge in [-0.3, -0.25) is 14.4 Å². The maximum Gasteiger partial charge on any atom is 0.254 e. The van der Waals surface area contributed by atoms with E-state index in [0.717, 1.165) is 24.1 Å². The zero-order valence-corrected chi connectivity index (χ0v) is 16.3. The Bertz CT molecular complexity index is 902. The van der Waals surface area contributed by atoms with Crippen molar-refractivity contribution in [1.29, 1.82) is 0 Å². The molecule has 0 atom stereocenters. The molecule has 0 saturated carbocycles. The zero-order chi connectivity index (χ0) is 21.4. The van der Waals surface area contributed by atoms with Crippen molar-refractivity contribution in [3.05, 3.63) is 65.2 Å². The first kappa shape index (κ1) is 22.0. The number of hydrogen-bond acceptors (Lipinski definition) is 3. The van der Waals surface area contributed by atoms with Crippen LogP contribution in [0.15, 0.2) is 42.5 Å². The molecule has 0 spiro atoms. The van der Waals surface area contributed by atoms with Gasteiger partial charge in [0.2, 0.25) is 11.8 Å². The summed E-state index contributed by atoms with van der Waals surface area (Å²) in [4.78, 5) is 37.5. The topological polar surface area (TPSA) is 78.5 Å². The van der Waals surface area contributed by atoms with Crippen LogP contribution in [-0.2, 0) is 16.0 Å². The van der Waals surface area contributed by atoms with Gasteiger partial charge in [-0.05, 0) is 30.2 Å². The van der Waals surface area contributed by atoms with Gasteiger partial charge in [0, 0.05) is 31.8 Å². The lowest BCUT2D eigenvalue weighted by molar-refractivity contribution is -0.133. The average molecular weight is 403 g/mol. The second-order valence-corrected chi connectivity index (χ2v) is 6.44. The summed E-state index contributed by atoms with van der Waals surface area (Å²) in [5, 5.41) is 5.18. The number of nitrogens with zero attached hydrogens (tertiary/aromatic N) is 1. The van der Waals surface area contributed by atoms with E-state index in [1.165, 1.54) is 11.9 Å². The van der Waals surface area contributed by atoms with Crippen molar-refractivity contribution in [3.63, 3.8) is 0 Å². The van der Waals surface area contributed by atoms with Gasteiger partial charge in [-0.2, -0.15) is 0 Å². The third-order valence-corrected chi connectivity index (χ3v) is 4.28. The number of likely N-dealkylation sites (N-methyl/N-ethyl adjacent to an activating group) is 1. The third kappa shape index (κ3) is 6.38. The Morgan fingerprint density at radius 1 is 1.07 bits per heavy atom. The van der Waals surface area contributed by atoms with Gasteiger partial charge in [0.1, 0.15) is 11.6 Å². The molecule has 154 valence electrons. The first-order valence-electron chi connectivity index (χ1n) is 9.16. The lowest BCUT2D eigenvalue weighted by Gasteiger charge is -2.18. The van der Waals surface area contributed by atoms with Crippen LogP contribution in [0.2, 0.25) is 0 Å². The Hall–Kier alpha value is -3.29. The number of para-hydroxylation sites is 1. The summed E-state index contributed by atoms with van der Waals surface area (Å²) in [5.41, 5.74) is 1.39. The Morgan fingerprint density at radius 3 is 2.48 bits per heavy atom. The van der Waals surface area contributed by atoms with Crippen LogP contribution < -0.4 is 10.6 Å². The maximum atomic E-state index is 13.6. The molecule has 0 radical (unpaired) electrons. The predicted molar refractivity (Wildman–Crippen MR) is 105 cm³/mol. The highest BCUT2D eigenvalue weighted by Gasteiger charge is 2.16. The summed E-state index contributed by atoms with van der Waals surface area (Å²) in [7, 11) is 1.48. The molecule has 0 bridgehead atoms. The SMILES string of the molecule is CCc1ccccc1NC(=O)CN(C)C(=O)CCNC(=O)c1ccc(F)cc1F. The van der Waals surface area contributed by atoms with Crippen LogP contribution in [0.1, 0.15) is 29.3 Å². The Morgan fingerprint density at radius 2 is 1.79 bits per heavy atom. The highest BCUT2D eigenvalue weighted by molar-refractivity contribution is 5.96. The first-order valence-corrected chi connectivity index (χ1v) is 9.16. The van der Waals surface area contributed by atoms with Crippen LogP contribution in [0.4, 0.5) is 14.5 Å². The van der Waals surface area contributed by atoms with Crippen LogP contribution in [0, 0.1) is 11.6 Å².